The minimum absolute atomic E-state index is 0.173. The molecule has 0 fully saturated rings. The van der Waals surface area contributed by atoms with Gasteiger partial charge in [0.25, 0.3) is 5.56 Å². The van der Waals surface area contributed by atoms with Gasteiger partial charge in [0, 0.05) is 11.3 Å². The van der Waals surface area contributed by atoms with E-state index in [4.69, 9.17) is 15.2 Å². The molecule has 1 unspecified atom stereocenters. The van der Waals surface area contributed by atoms with Crippen LogP contribution in [0, 0.1) is 5.92 Å². The Morgan fingerprint density at radius 3 is 2.74 bits per heavy atom. The number of carbonyl (C=O) groups excluding carboxylic acids is 2. The molecular formula is C27H28N2O6. The molecule has 5 rings (SSSR count). The van der Waals surface area contributed by atoms with E-state index in [2.05, 4.69) is 6.08 Å². The van der Waals surface area contributed by atoms with Gasteiger partial charge >= 0.3 is 11.9 Å². The van der Waals surface area contributed by atoms with Crippen LogP contribution < -0.4 is 21.7 Å². The van der Waals surface area contributed by atoms with Crippen LogP contribution in [-0.4, -0.2) is 27.7 Å². The Bertz CT molecular complexity index is 1480. The van der Waals surface area contributed by atoms with E-state index in [1.165, 1.54) is 6.92 Å². The van der Waals surface area contributed by atoms with Crippen LogP contribution in [0.1, 0.15) is 50.4 Å². The quantitative estimate of drug-likeness (QED) is 0.638. The predicted octanol–water partition coefficient (Wildman–Crippen LogP) is 1.17. The average molecular weight is 477 g/mol. The van der Waals surface area contributed by atoms with Crippen molar-refractivity contribution in [3.63, 3.8) is 0 Å². The molecule has 8 heteroatoms. The maximum absolute atomic E-state index is 13.6. The van der Waals surface area contributed by atoms with E-state index in [0.717, 1.165) is 28.0 Å². The molecular weight excluding hydrogens is 448 g/mol. The van der Waals surface area contributed by atoms with Crippen molar-refractivity contribution in [2.45, 2.75) is 58.4 Å². The van der Waals surface area contributed by atoms with Crippen molar-refractivity contribution >= 4 is 29.7 Å². The number of cyclic esters (lactones) is 1. The highest BCUT2D eigenvalue weighted by atomic mass is 16.6. The van der Waals surface area contributed by atoms with Crippen LogP contribution in [0.4, 0.5) is 0 Å². The number of esters is 2. The number of aromatic nitrogens is 1. The molecule has 2 aliphatic heterocycles. The molecule has 0 radical (unpaired) electrons. The van der Waals surface area contributed by atoms with Crippen LogP contribution in [0.5, 0.6) is 5.75 Å². The average Bonchev–Trinajstić information content (AvgIpc) is 3.13. The summed E-state index contributed by atoms with van der Waals surface area (Å²) in [7, 11) is 0. The van der Waals surface area contributed by atoms with Crippen LogP contribution in [0.2, 0.25) is 0 Å². The molecule has 2 aromatic rings. The molecule has 2 atom stereocenters. The second-order valence-corrected chi connectivity index (χ2v) is 9.82. The molecule has 1 aromatic heterocycles. The first-order valence-electron chi connectivity index (χ1n) is 11.8. The number of hydrogen-bond acceptors (Lipinski definition) is 7. The van der Waals surface area contributed by atoms with Gasteiger partial charge in [0.2, 0.25) is 5.60 Å². The van der Waals surface area contributed by atoms with E-state index in [9.17, 15) is 19.5 Å². The molecule has 0 amide bonds. The lowest BCUT2D eigenvalue weighted by Crippen LogP contribution is -2.49. The van der Waals surface area contributed by atoms with Crippen LogP contribution in [-0.2, 0) is 37.8 Å². The Balaban J connectivity index is 1.65. The number of nitrogens with two attached hydrogens (primary N) is 1. The first-order chi connectivity index (χ1) is 16.6. The van der Waals surface area contributed by atoms with Gasteiger partial charge < -0.3 is 24.9 Å². The highest BCUT2D eigenvalue weighted by Gasteiger charge is 2.48. The molecule has 182 valence electrons. The van der Waals surface area contributed by atoms with E-state index >= 15 is 0 Å². The standard InChI is InChI=1S/C27H28N2O6/c1-14(2)23(28)25(32)35-27(3)21-11-22-19-6-4-5-15-7-8-18(30)10-16(15)9-17(19)12-29(22)24(31)20(21)13-34-26(27)33/h5,7-11,14,23,30H,4,6,12-13,28H2,1-3H3/t23?,27-/m0/s1. The molecule has 0 saturated carbocycles. The van der Waals surface area contributed by atoms with Crippen LogP contribution in [0.15, 0.2) is 34.6 Å². The fraction of sp³-hybridized carbons (Fsp3) is 0.370. The van der Waals surface area contributed by atoms with E-state index in [-0.39, 0.29) is 23.8 Å². The topological polar surface area (TPSA) is 121 Å². The Hall–Kier alpha value is -3.65. The van der Waals surface area contributed by atoms with Gasteiger partial charge in [-0.25, -0.2) is 4.79 Å². The van der Waals surface area contributed by atoms with E-state index < -0.39 is 23.6 Å². The van der Waals surface area contributed by atoms with Gasteiger partial charge in [-0.3, -0.25) is 9.59 Å². The fourth-order valence-corrected chi connectivity index (χ4v) is 4.97. The molecule has 3 heterocycles. The van der Waals surface area contributed by atoms with Crippen LogP contribution >= 0.6 is 0 Å². The third-order valence-electron chi connectivity index (χ3n) is 7.13. The van der Waals surface area contributed by atoms with Crippen molar-refractivity contribution in [2.75, 3.05) is 0 Å². The zero-order valence-corrected chi connectivity index (χ0v) is 20.0. The summed E-state index contributed by atoms with van der Waals surface area (Å²) in [6.07, 6.45) is 5.54. The number of aromatic hydroxyl groups is 1. The number of fused-ring (bicyclic) bond motifs is 4. The van der Waals surface area contributed by atoms with Gasteiger partial charge in [-0.05, 0) is 71.5 Å². The first kappa shape index (κ1) is 23.1. The van der Waals surface area contributed by atoms with Gasteiger partial charge in [-0.2, -0.15) is 0 Å². The lowest BCUT2D eigenvalue weighted by Gasteiger charge is -2.34. The predicted molar refractivity (Wildman–Crippen MR) is 129 cm³/mol. The summed E-state index contributed by atoms with van der Waals surface area (Å²) >= 11 is 0. The number of pyridine rings is 1. The summed E-state index contributed by atoms with van der Waals surface area (Å²) in [5, 5.41) is 11.9. The lowest BCUT2D eigenvalue weighted by atomic mass is 9.88. The lowest BCUT2D eigenvalue weighted by molar-refractivity contribution is -0.187. The molecule has 1 aliphatic carbocycles. The van der Waals surface area contributed by atoms with Crippen molar-refractivity contribution < 1.29 is 24.2 Å². The van der Waals surface area contributed by atoms with E-state index in [1.54, 1.807) is 36.6 Å². The van der Waals surface area contributed by atoms with Gasteiger partial charge in [-0.15, -0.1) is 0 Å². The molecule has 3 aliphatic rings. The van der Waals surface area contributed by atoms with Crippen molar-refractivity contribution in [2.24, 2.45) is 11.7 Å². The highest BCUT2D eigenvalue weighted by Crippen LogP contribution is 2.39. The smallest absolute Gasteiger partial charge is 0.355 e. The zero-order chi connectivity index (χ0) is 25.1. The van der Waals surface area contributed by atoms with Gasteiger partial charge in [0.05, 0.1) is 12.1 Å². The summed E-state index contributed by atoms with van der Waals surface area (Å²) in [4.78, 5) is 39.1. The zero-order valence-electron chi connectivity index (χ0n) is 20.0. The summed E-state index contributed by atoms with van der Waals surface area (Å²) in [5.74, 6) is -1.47. The fourth-order valence-electron chi connectivity index (χ4n) is 4.97. The Morgan fingerprint density at radius 1 is 1.23 bits per heavy atom. The van der Waals surface area contributed by atoms with Gasteiger partial charge in [0.15, 0.2) is 0 Å². The first-order valence-corrected chi connectivity index (χ1v) is 11.8. The monoisotopic (exact) mass is 476 g/mol. The summed E-state index contributed by atoms with van der Waals surface area (Å²) in [5.41, 5.74) is 7.20. The van der Waals surface area contributed by atoms with Crippen LogP contribution in [0.25, 0.3) is 17.7 Å². The van der Waals surface area contributed by atoms with E-state index in [1.807, 2.05) is 12.1 Å². The maximum Gasteiger partial charge on any atom is 0.355 e. The van der Waals surface area contributed by atoms with E-state index in [0.29, 0.717) is 29.8 Å². The van der Waals surface area contributed by atoms with Gasteiger partial charge in [-0.1, -0.05) is 26.0 Å². The highest BCUT2D eigenvalue weighted by molar-refractivity contribution is 5.88. The Kier molecular flexibility index (Phi) is 5.44. The third-order valence-corrected chi connectivity index (χ3v) is 7.13. The van der Waals surface area contributed by atoms with Crippen molar-refractivity contribution in [1.82, 2.24) is 4.57 Å². The molecule has 35 heavy (non-hydrogen) atoms. The second kappa shape index (κ2) is 8.23. The Morgan fingerprint density at radius 2 is 2.00 bits per heavy atom. The second-order valence-electron chi connectivity index (χ2n) is 9.82. The minimum atomic E-state index is -1.77. The number of allylic oxidation sites excluding steroid dienone is 2. The normalized spacial score (nSPS) is 21.3. The Labute approximate surface area is 202 Å². The number of rotatable bonds is 3. The number of carbonyl (C=O) groups is 2. The molecule has 1 aromatic carbocycles. The number of phenolic OH excluding ortho intramolecular Hbond substituents is 1. The molecule has 0 spiro atoms. The van der Waals surface area contributed by atoms with Crippen molar-refractivity contribution in [3.05, 3.63) is 67.5 Å². The number of benzene rings is 1. The third kappa shape index (κ3) is 3.69. The van der Waals surface area contributed by atoms with Gasteiger partial charge in [0.1, 0.15) is 18.4 Å². The molecule has 3 N–H and O–H groups in total. The number of ether oxygens (including phenoxy) is 2. The number of hydrogen-bond donors (Lipinski definition) is 2. The molecule has 0 saturated heterocycles. The molecule has 8 nitrogen and oxygen atoms in total. The summed E-state index contributed by atoms with van der Waals surface area (Å²) in [6, 6.07) is 6.12. The molecule has 0 bridgehead atoms. The number of phenols is 1. The number of nitrogens with zero attached hydrogens (tertiary/aromatic N) is 1. The summed E-state index contributed by atoms with van der Waals surface area (Å²) < 4.78 is 12.6. The largest absolute Gasteiger partial charge is 0.508 e. The summed E-state index contributed by atoms with van der Waals surface area (Å²) in [6.45, 7) is 5.21. The SMILES string of the molecule is CC(C)C(N)C(=O)O[C@]1(C)C(=O)OCc2c1cc1n(c2=O)CC2=C1CCC=c1ccc(O)cc1=C2. The minimum Gasteiger partial charge on any atom is -0.508 e. The maximum atomic E-state index is 13.6. The van der Waals surface area contributed by atoms with Crippen LogP contribution in [0.3, 0.4) is 0 Å². The van der Waals surface area contributed by atoms with Crippen molar-refractivity contribution in [1.29, 1.82) is 0 Å². The van der Waals surface area contributed by atoms with Crippen molar-refractivity contribution in [3.8, 4) is 5.75 Å².